The predicted molar refractivity (Wildman–Crippen MR) is 81.6 cm³/mol. The second-order valence-corrected chi connectivity index (χ2v) is 6.22. The highest BCUT2D eigenvalue weighted by Crippen LogP contribution is 2.27. The first-order valence-corrected chi connectivity index (χ1v) is 7.62. The first-order valence-electron chi connectivity index (χ1n) is 6.57. The second-order valence-electron chi connectivity index (χ2n) is 4.81. The maximum atomic E-state index is 9.53. The minimum absolute atomic E-state index is 0.165. The van der Waals surface area contributed by atoms with Gasteiger partial charge in [-0.15, -0.1) is 0 Å². The van der Waals surface area contributed by atoms with E-state index in [1.807, 2.05) is 39.1 Å². The van der Waals surface area contributed by atoms with Gasteiger partial charge in [-0.05, 0) is 26.1 Å². The van der Waals surface area contributed by atoms with E-state index >= 15 is 0 Å². The maximum absolute atomic E-state index is 9.53. The molecule has 2 rings (SSSR count). The first kappa shape index (κ1) is 14.4. The fraction of sp³-hybridized carbons (Fsp3) is 0.467. The molecule has 0 aliphatic rings. The molecule has 3 atom stereocenters. The zero-order valence-corrected chi connectivity index (χ0v) is 12.4. The van der Waals surface area contributed by atoms with Gasteiger partial charge in [0.2, 0.25) is 0 Å². The number of thioether (sulfide) groups is 1. The van der Waals surface area contributed by atoms with Crippen molar-refractivity contribution in [2.24, 2.45) is 0 Å². The van der Waals surface area contributed by atoms with Gasteiger partial charge in [0.05, 0.1) is 12.1 Å². The van der Waals surface area contributed by atoms with Crippen LogP contribution in [-0.4, -0.2) is 29.3 Å². The Morgan fingerprint density at radius 3 is 2.68 bits per heavy atom. The molecular formula is C15H21NO2S. The summed E-state index contributed by atoms with van der Waals surface area (Å²) in [6.45, 7) is 3.87. The van der Waals surface area contributed by atoms with Gasteiger partial charge >= 0.3 is 0 Å². The van der Waals surface area contributed by atoms with Crippen LogP contribution in [0.2, 0.25) is 0 Å². The maximum Gasteiger partial charge on any atom is 0.134 e. The van der Waals surface area contributed by atoms with Crippen LogP contribution in [0.15, 0.2) is 34.7 Å². The fourth-order valence-corrected chi connectivity index (χ4v) is 2.97. The molecular weight excluding hydrogens is 258 g/mol. The molecule has 3 unspecified atom stereocenters. The van der Waals surface area contributed by atoms with Crippen LogP contribution in [0.1, 0.15) is 25.6 Å². The summed E-state index contributed by atoms with van der Waals surface area (Å²) >= 11 is 1.75. The van der Waals surface area contributed by atoms with Gasteiger partial charge in [-0.2, -0.15) is 11.8 Å². The van der Waals surface area contributed by atoms with Crippen LogP contribution >= 0.6 is 11.8 Å². The van der Waals surface area contributed by atoms with Gasteiger partial charge in [0, 0.05) is 16.4 Å². The molecule has 4 heteroatoms. The number of aliphatic hydroxyl groups excluding tert-OH is 1. The van der Waals surface area contributed by atoms with Crippen molar-refractivity contribution in [3.63, 3.8) is 0 Å². The Labute approximate surface area is 118 Å². The largest absolute Gasteiger partial charge is 0.459 e. The number of fused-ring (bicyclic) bond motifs is 1. The lowest BCUT2D eigenvalue weighted by atomic mass is 10.2. The van der Waals surface area contributed by atoms with Crippen molar-refractivity contribution < 1.29 is 9.52 Å². The molecule has 0 bridgehead atoms. The molecule has 0 fully saturated rings. The Kier molecular flexibility index (Phi) is 4.91. The van der Waals surface area contributed by atoms with Gasteiger partial charge in [0.25, 0.3) is 0 Å². The smallest absolute Gasteiger partial charge is 0.134 e. The van der Waals surface area contributed by atoms with Crippen molar-refractivity contribution >= 4 is 22.7 Å². The zero-order valence-electron chi connectivity index (χ0n) is 11.6. The van der Waals surface area contributed by atoms with Crippen LogP contribution in [0.3, 0.4) is 0 Å². The summed E-state index contributed by atoms with van der Waals surface area (Å²) in [4.78, 5) is 0. The average Bonchev–Trinajstić information content (AvgIpc) is 2.82. The van der Waals surface area contributed by atoms with Gasteiger partial charge in [0.1, 0.15) is 11.3 Å². The molecule has 0 aliphatic heterocycles. The molecule has 104 valence electrons. The summed E-state index contributed by atoms with van der Waals surface area (Å²) in [5.41, 5.74) is 0.923. The average molecular weight is 279 g/mol. The van der Waals surface area contributed by atoms with Crippen LogP contribution in [0.4, 0.5) is 0 Å². The van der Waals surface area contributed by atoms with Crippen LogP contribution in [-0.2, 0) is 0 Å². The van der Waals surface area contributed by atoms with Gasteiger partial charge < -0.3 is 14.8 Å². The third-order valence-electron chi connectivity index (χ3n) is 3.34. The van der Waals surface area contributed by atoms with Gasteiger partial charge in [-0.1, -0.05) is 25.1 Å². The molecule has 0 saturated carbocycles. The van der Waals surface area contributed by atoms with Crippen molar-refractivity contribution in [1.29, 1.82) is 0 Å². The lowest BCUT2D eigenvalue weighted by molar-refractivity contribution is 0.196. The minimum Gasteiger partial charge on any atom is -0.459 e. The molecule has 0 aliphatic carbocycles. The highest BCUT2D eigenvalue weighted by molar-refractivity contribution is 7.99. The molecule has 0 spiro atoms. The summed E-state index contributed by atoms with van der Waals surface area (Å²) in [6, 6.07) is 10.3. The van der Waals surface area contributed by atoms with Crippen molar-refractivity contribution in [2.75, 3.05) is 12.8 Å². The van der Waals surface area contributed by atoms with E-state index in [1.54, 1.807) is 11.8 Å². The SMILES string of the molecule is CNC(CSC(C)C(C)O)c1cc2ccccc2o1. The van der Waals surface area contributed by atoms with Crippen molar-refractivity contribution in [3.8, 4) is 0 Å². The van der Waals surface area contributed by atoms with E-state index in [0.29, 0.717) is 0 Å². The van der Waals surface area contributed by atoms with E-state index in [0.717, 1.165) is 22.5 Å². The molecule has 1 aromatic carbocycles. The van der Waals surface area contributed by atoms with Crippen molar-refractivity contribution in [2.45, 2.75) is 31.2 Å². The molecule has 2 N–H and O–H groups in total. The summed E-state index contributed by atoms with van der Waals surface area (Å²) in [5.74, 6) is 1.83. The summed E-state index contributed by atoms with van der Waals surface area (Å²) in [6.07, 6.45) is -0.293. The molecule has 19 heavy (non-hydrogen) atoms. The lowest BCUT2D eigenvalue weighted by Crippen LogP contribution is -2.22. The van der Waals surface area contributed by atoms with E-state index < -0.39 is 0 Å². The number of hydrogen-bond donors (Lipinski definition) is 2. The normalized spacial score (nSPS) is 16.4. The number of furan rings is 1. The Balaban J connectivity index is 2.08. The van der Waals surface area contributed by atoms with E-state index in [-0.39, 0.29) is 17.4 Å². The Morgan fingerprint density at radius 1 is 1.32 bits per heavy atom. The number of aliphatic hydroxyl groups is 1. The van der Waals surface area contributed by atoms with Crippen LogP contribution in [0.5, 0.6) is 0 Å². The van der Waals surface area contributed by atoms with Gasteiger partial charge in [0.15, 0.2) is 0 Å². The molecule has 2 aromatic rings. The van der Waals surface area contributed by atoms with E-state index in [1.165, 1.54) is 0 Å². The molecule has 0 amide bonds. The molecule has 0 saturated heterocycles. The van der Waals surface area contributed by atoms with Crippen LogP contribution < -0.4 is 5.32 Å². The lowest BCUT2D eigenvalue weighted by Gasteiger charge is -2.18. The highest BCUT2D eigenvalue weighted by atomic mass is 32.2. The van der Waals surface area contributed by atoms with E-state index in [9.17, 15) is 5.11 Å². The van der Waals surface area contributed by atoms with E-state index in [4.69, 9.17) is 4.42 Å². The molecule has 3 nitrogen and oxygen atoms in total. The van der Waals surface area contributed by atoms with Crippen molar-refractivity contribution in [1.82, 2.24) is 5.32 Å². The van der Waals surface area contributed by atoms with E-state index in [2.05, 4.69) is 17.4 Å². The molecule has 1 aromatic heterocycles. The second kappa shape index (κ2) is 6.46. The quantitative estimate of drug-likeness (QED) is 0.852. The predicted octanol–water partition coefficient (Wildman–Crippen LogP) is 3.20. The monoisotopic (exact) mass is 279 g/mol. The molecule has 0 radical (unpaired) electrons. The number of benzene rings is 1. The summed E-state index contributed by atoms with van der Waals surface area (Å²) in [7, 11) is 1.94. The Bertz CT molecular complexity index is 491. The number of rotatable bonds is 6. The van der Waals surface area contributed by atoms with Gasteiger partial charge in [-0.3, -0.25) is 0 Å². The molecule has 1 heterocycles. The fourth-order valence-electron chi connectivity index (χ4n) is 1.87. The van der Waals surface area contributed by atoms with Crippen LogP contribution in [0, 0.1) is 0 Å². The topological polar surface area (TPSA) is 45.4 Å². The third-order valence-corrected chi connectivity index (χ3v) is 4.79. The number of para-hydroxylation sites is 1. The van der Waals surface area contributed by atoms with Crippen LogP contribution in [0.25, 0.3) is 11.0 Å². The van der Waals surface area contributed by atoms with Crippen molar-refractivity contribution in [3.05, 3.63) is 36.1 Å². The standard InChI is InChI=1S/C15H21NO2S/c1-10(17)11(2)19-9-13(16-3)15-8-12-6-4-5-7-14(12)18-15/h4-8,10-11,13,16-17H,9H2,1-3H3. The first-order chi connectivity index (χ1) is 9.11. The summed E-state index contributed by atoms with van der Waals surface area (Å²) < 4.78 is 5.88. The Morgan fingerprint density at radius 2 is 2.05 bits per heavy atom. The van der Waals surface area contributed by atoms with Gasteiger partial charge in [-0.25, -0.2) is 0 Å². The highest BCUT2D eigenvalue weighted by Gasteiger charge is 2.17. The summed E-state index contributed by atoms with van der Waals surface area (Å²) in [5, 5.41) is 14.2. The number of nitrogens with one attached hydrogen (secondary N) is 1. The number of hydrogen-bond acceptors (Lipinski definition) is 4. The zero-order chi connectivity index (χ0) is 13.8. The minimum atomic E-state index is -0.293. The third kappa shape index (κ3) is 3.53. The Hall–Kier alpha value is -0.970.